The molecule has 1 saturated heterocycles. The topological polar surface area (TPSA) is 128 Å². The fourth-order valence-corrected chi connectivity index (χ4v) is 6.66. The van der Waals surface area contributed by atoms with Gasteiger partial charge in [0.15, 0.2) is 0 Å². The molecule has 4 atom stereocenters. The van der Waals surface area contributed by atoms with Gasteiger partial charge in [0.2, 0.25) is 11.8 Å². The number of nitrogens with zero attached hydrogens (tertiary/aromatic N) is 4. The molecule has 0 saturated carbocycles. The zero-order valence-electron chi connectivity index (χ0n) is 22.6. The minimum Gasteiger partial charge on any atom is -0.356 e. The van der Waals surface area contributed by atoms with Crippen LogP contribution in [0.2, 0.25) is 0 Å². The minimum atomic E-state index is -2.09. The first-order valence-electron chi connectivity index (χ1n) is 13.8. The lowest BCUT2D eigenvalue weighted by atomic mass is 9.88. The van der Waals surface area contributed by atoms with Gasteiger partial charge < -0.3 is 15.6 Å². The molecule has 3 N–H and O–H groups in total. The van der Waals surface area contributed by atoms with Crippen molar-refractivity contribution in [3.63, 3.8) is 0 Å². The van der Waals surface area contributed by atoms with Crippen LogP contribution in [0.3, 0.4) is 0 Å². The van der Waals surface area contributed by atoms with E-state index in [0.717, 1.165) is 5.06 Å². The molecule has 3 aromatic carbocycles. The first kappa shape index (κ1) is 25.6. The lowest BCUT2D eigenvalue weighted by Gasteiger charge is -2.37. The fourth-order valence-electron chi connectivity index (χ4n) is 6.66. The fraction of sp³-hybridized carbons (Fsp3) is 0.290. The van der Waals surface area contributed by atoms with E-state index in [1.165, 1.54) is 9.47 Å². The number of carbonyl (C=O) groups excluding carboxylic acids is 2. The van der Waals surface area contributed by atoms with E-state index in [1.54, 1.807) is 66.7 Å². The molecule has 4 aromatic rings. The molecular weight excluding hydrogens is 522 g/mol. The summed E-state index contributed by atoms with van der Waals surface area (Å²) in [5, 5.41) is 27.8. The molecular formula is C31H29N5O5. The van der Waals surface area contributed by atoms with Gasteiger partial charge in [-0.05, 0) is 54.7 Å². The second kappa shape index (κ2) is 9.07. The van der Waals surface area contributed by atoms with E-state index >= 15 is 0 Å². The average molecular weight is 552 g/mol. The Kier molecular flexibility index (Phi) is 5.66. The van der Waals surface area contributed by atoms with Crippen molar-refractivity contribution in [3.8, 4) is 5.69 Å². The zero-order valence-corrected chi connectivity index (χ0v) is 22.6. The molecule has 0 radical (unpaired) electrons. The molecule has 0 bridgehead atoms. The molecule has 10 heteroatoms. The predicted molar refractivity (Wildman–Crippen MR) is 151 cm³/mol. The Balaban J connectivity index is 1.41. The van der Waals surface area contributed by atoms with Crippen LogP contribution in [0.4, 0.5) is 5.69 Å². The molecule has 2 amide bonds. The molecule has 3 aliphatic heterocycles. The second-order valence-electron chi connectivity index (χ2n) is 11.4. The maximum atomic E-state index is 13.9. The Morgan fingerprint density at radius 2 is 1.63 bits per heavy atom. The summed E-state index contributed by atoms with van der Waals surface area (Å²) in [5.41, 5.74) is 2.04. The lowest BCUT2D eigenvalue weighted by molar-refractivity contribution is -0.264. The maximum absolute atomic E-state index is 13.9. The Labute approximate surface area is 235 Å². The lowest BCUT2D eigenvalue weighted by Crippen LogP contribution is -2.55. The van der Waals surface area contributed by atoms with Crippen molar-refractivity contribution < 1.29 is 19.9 Å². The molecule has 7 rings (SSSR count). The highest BCUT2D eigenvalue weighted by Crippen LogP contribution is 2.55. The van der Waals surface area contributed by atoms with Crippen molar-refractivity contribution in [1.82, 2.24) is 19.9 Å². The summed E-state index contributed by atoms with van der Waals surface area (Å²) in [6.07, 6.45) is 0.400. The number of aliphatic hydroxyl groups is 1. The number of hydroxylamine groups is 2. The van der Waals surface area contributed by atoms with Crippen LogP contribution in [0.5, 0.6) is 0 Å². The molecule has 41 heavy (non-hydrogen) atoms. The van der Waals surface area contributed by atoms with Gasteiger partial charge in [0.25, 0.3) is 11.5 Å². The van der Waals surface area contributed by atoms with Gasteiger partial charge in [-0.15, -0.1) is 5.06 Å². The summed E-state index contributed by atoms with van der Waals surface area (Å²) < 4.78 is 1.46. The molecule has 0 aliphatic carbocycles. The third-order valence-electron chi connectivity index (χ3n) is 8.46. The summed E-state index contributed by atoms with van der Waals surface area (Å²) in [7, 11) is 0. The third kappa shape index (κ3) is 3.54. The summed E-state index contributed by atoms with van der Waals surface area (Å²) in [6, 6.07) is 19.2. The average Bonchev–Trinajstić information content (AvgIpc) is 3.26. The summed E-state index contributed by atoms with van der Waals surface area (Å²) in [6.45, 7) is 3.90. The van der Waals surface area contributed by atoms with Crippen molar-refractivity contribution in [2.24, 2.45) is 5.92 Å². The van der Waals surface area contributed by atoms with E-state index in [1.807, 2.05) is 19.9 Å². The van der Waals surface area contributed by atoms with E-state index in [9.17, 15) is 24.7 Å². The summed E-state index contributed by atoms with van der Waals surface area (Å²) in [4.78, 5) is 47.2. The largest absolute Gasteiger partial charge is 0.356 e. The van der Waals surface area contributed by atoms with E-state index < -0.39 is 35.7 Å². The maximum Gasteiger partial charge on any atom is 0.266 e. The van der Waals surface area contributed by atoms with Gasteiger partial charge >= 0.3 is 0 Å². The van der Waals surface area contributed by atoms with E-state index in [4.69, 9.17) is 4.98 Å². The van der Waals surface area contributed by atoms with Gasteiger partial charge in [0.05, 0.1) is 39.8 Å². The highest BCUT2D eigenvalue weighted by Gasteiger charge is 2.65. The van der Waals surface area contributed by atoms with E-state index in [2.05, 4.69) is 5.32 Å². The zero-order chi connectivity index (χ0) is 28.6. The van der Waals surface area contributed by atoms with Gasteiger partial charge in [-0.3, -0.25) is 23.9 Å². The Morgan fingerprint density at radius 3 is 2.41 bits per heavy atom. The van der Waals surface area contributed by atoms with Gasteiger partial charge in [-0.2, -0.15) is 0 Å². The highest BCUT2D eigenvalue weighted by atomic mass is 16.6. The number of hydrogen-bond donors (Lipinski definition) is 3. The Morgan fingerprint density at radius 1 is 0.951 bits per heavy atom. The Hall–Kier alpha value is -4.38. The van der Waals surface area contributed by atoms with Crippen LogP contribution in [0.15, 0.2) is 77.6 Å². The van der Waals surface area contributed by atoms with Gasteiger partial charge in [0.1, 0.15) is 11.9 Å². The van der Waals surface area contributed by atoms with Crippen molar-refractivity contribution >= 4 is 28.4 Å². The number of amides is 2. The number of carbonyl (C=O) groups is 2. The highest BCUT2D eigenvalue weighted by molar-refractivity contribution is 6.03. The Bertz CT molecular complexity index is 1800. The van der Waals surface area contributed by atoms with E-state index in [-0.39, 0.29) is 17.9 Å². The number of anilines is 1. The van der Waals surface area contributed by atoms with Crippen LogP contribution in [-0.2, 0) is 4.79 Å². The van der Waals surface area contributed by atoms with Crippen LogP contribution >= 0.6 is 0 Å². The number of para-hydroxylation sites is 3. The first-order valence-corrected chi connectivity index (χ1v) is 13.8. The summed E-state index contributed by atoms with van der Waals surface area (Å²) in [5.74, 6) is -3.32. The molecule has 4 heterocycles. The van der Waals surface area contributed by atoms with Gasteiger partial charge in [-0.1, -0.05) is 56.3 Å². The molecule has 10 nitrogen and oxygen atoms in total. The van der Waals surface area contributed by atoms with Crippen LogP contribution in [0.25, 0.3) is 16.6 Å². The van der Waals surface area contributed by atoms with Crippen molar-refractivity contribution in [3.05, 3.63) is 100 Å². The third-order valence-corrected chi connectivity index (χ3v) is 8.46. The quantitative estimate of drug-likeness (QED) is 0.354. The smallest absolute Gasteiger partial charge is 0.266 e. The number of aromatic nitrogens is 2. The van der Waals surface area contributed by atoms with Crippen molar-refractivity contribution in [2.45, 2.75) is 50.5 Å². The molecule has 1 aromatic heterocycles. The molecule has 3 unspecified atom stereocenters. The van der Waals surface area contributed by atoms with Gasteiger partial charge in [0, 0.05) is 0 Å². The minimum absolute atomic E-state index is 0.0489. The number of fused-ring (bicyclic) bond motifs is 7. The number of hydrogen-bond acceptors (Lipinski definition) is 7. The number of nitrogens with one attached hydrogen (secondary N) is 1. The van der Waals surface area contributed by atoms with Crippen LogP contribution in [-0.4, -0.2) is 48.6 Å². The van der Waals surface area contributed by atoms with Crippen LogP contribution < -0.4 is 15.8 Å². The first-order chi connectivity index (χ1) is 19.7. The standard InChI is InChI=1S/C31H29N5O5/c1-17(2)15-26-30(39)35-25-14-8-4-9-18(25)21(31(35,40)36(26)41)16-23-27-32-22-12-6-3-10-19(22)29(38)34(27)24-13-7-5-11-20(24)28(37)33-23/h3-14,17,21,23,26,40-41H,15-16H2,1-2H3,(H,33,37)/t21?,23-,26?,31?/m0/s1. The number of rotatable bonds is 4. The number of benzene rings is 3. The molecule has 208 valence electrons. The van der Waals surface area contributed by atoms with Crippen LogP contribution in [0, 0.1) is 5.92 Å². The normalized spacial score (nSPS) is 25.1. The summed E-state index contributed by atoms with van der Waals surface area (Å²) >= 11 is 0. The molecule has 1 fully saturated rings. The predicted octanol–water partition coefficient (Wildman–Crippen LogP) is 3.46. The SMILES string of the molecule is CC(C)CC1C(=O)N2c3ccccc3C(C[C@@H]3NC(=O)c4ccccc4-n4c3nc3ccccc3c4=O)C2(O)N1O. The van der Waals surface area contributed by atoms with Gasteiger partial charge in [-0.25, -0.2) is 4.98 Å². The van der Waals surface area contributed by atoms with Crippen molar-refractivity contribution in [2.75, 3.05) is 4.90 Å². The van der Waals surface area contributed by atoms with Crippen molar-refractivity contribution in [1.29, 1.82) is 0 Å². The van der Waals surface area contributed by atoms with Crippen LogP contribution in [0.1, 0.15) is 60.4 Å². The molecule has 3 aliphatic rings. The monoisotopic (exact) mass is 551 g/mol. The van der Waals surface area contributed by atoms with E-state index in [0.29, 0.717) is 45.6 Å². The second-order valence-corrected chi connectivity index (χ2v) is 11.4. The molecule has 0 spiro atoms.